The van der Waals surface area contributed by atoms with Crippen molar-refractivity contribution >= 4 is 0 Å². The number of nitrogens with one attached hydrogen (secondary N) is 1. The van der Waals surface area contributed by atoms with Crippen LogP contribution in [0, 0.1) is 24.7 Å². The van der Waals surface area contributed by atoms with Crippen LogP contribution in [0.25, 0.3) is 0 Å². The van der Waals surface area contributed by atoms with Crippen LogP contribution in [0.15, 0.2) is 18.2 Å². The second-order valence-corrected chi connectivity index (χ2v) is 6.10. The first-order valence-corrected chi connectivity index (χ1v) is 7.30. The molecule has 1 N–H and O–H groups in total. The van der Waals surface area contributed by atoms with Gasteiger partial charge < -0.3 is 10.1 Å². The van der Waals surface area contributed by atoms with Crippen molar-refractivity contribution < 1.29 is 4.74 Å². The number of rotatable bonds is 7. The minimum absolute atomic E-state index is 0.715. The Balaban J connectivity index is 2.59. The third-order valence-corrected chi connectivity index (χ3v) is 3.84. The summed E-state index contributed by atoms with van der Waals surface area (Å²) in [5.41, 5.74) is 2.52. The van der Waals surface area contributed by atoms with E-state index in [0.29, 0.717) is 11.8 Å². The molecular formula is C17H29NO. The molecule has 0 aromatic heterocycles. The van der Waals surface area contributed by atoms with E-state index in [1.54, 1.807) is 7.11 Å². The predicted molar refractivity (Wildman–Crippen MR) is 82.6 cm³/mol. The fraction of sp³-hybridized carbons (Fsp3) is 0.647. The molecule has 0 saturated heterocycles. The monoisotopic (exact) mass is 263 g/mol. The van der Waals surface area contributed by atoms with Gasteiger partial charge in [-0.15, -0.1) is 0 Å². The summed E-state index contributed by atoms with van der Waals surface area (Å²) < 4.78 is 5.41. The summed E-state index contributed by atoms with van der Waals surface area (Å²) in [6, 6.07) is 6.34. The number of benzene rings is 1. The number of hydrogen-bond acceptors (Lipinski definition) is 2. The van der Waals surface area contributed by atoms with Crippen molar-refractivity contribution in [2.24, 2.45) is 17.8 Å². The average Bonchev–Trinajstić information content (AvgIpc) is 2.33. The van der Waals surface area contributed by atoms with E-state index in [1.165, 1.54) is 11.1 Å². The van der Waals surface area contributed by atoms with Crippen LogP contribution in [0.2, 0.25) is 0 Å². The highest BCUT2D eigenvalue weighted by atomic mass is 16.5. The van der Waals surface area contributed by atoms with Gasteiger partial charge in [-0.25, -0.2) is 0 Å². The van der Waals surface area contributed by atoms with Crippen molar-refractivity contribution in [3.05, 3.63) is 29.3 Å². The molecule has 2 nitrogen and oxygen atoms in total. The Morgan fingerprint density at radius 3 is 2.26 bits per heavy atom. The maximum absolute atomic E-state index is 5.41. The molecule has 19 heavy (non-hydrogen) atoms. The highest BCUT2D eigenvalue weighted by Gasteiger charge is 2.16. The zero-order chi connectivity index (χ0) is 14.4. The Morgan fingerprint density at radius 1 is 1.11 bits per heavy atom. The summed E-state index contributed by atoms with van der Waals surface area (Å²) in [5, 5.41) is 3.59. The summed E-state index contributed by atoms with van der Waals surface area (Å²) in [5.74, 6) is 3.12. The molecule has 0 unspecified atom stereocenters. The lowest BCUT2D eigenvalue weighted by atomic mass is 9.85. The average molecular weight is 263 g/mol. The van der Waals surface area contributed by atoms with Gasteiger partial charge in [-0.3, -0.25) is 0 Å². The molecular weight excluding hydrogens is 234 g/mol. The van der Waals surface area contributed by atoms with E-state index in [9.17, 15) is 0 Å². The molecule has 0 atom stereocenters. The zero-order valence-corrected chi connectivity index (χ0v) is 13.3. The van der Waals surface area contributed by atoms with E-state index in [0.717, 1.165) is 24.8 Å². The lowest BCUT2D eigenvalue weighted by Crippen LogP contribution is -2.29. The highest BCUT2D eigenvalue weighted by molar-refractivity contribution is 5.36. The van der Waals surface area contributed by atoms with Gasteiger partial charge in [0.25, 0.3) is 0 Å². The summed E-state index contributed by atoms with van der Waals surface area (Å²) in [6.45, 7) is 13.3. The fourth-order valence-electron chi connectivity index (χ4n) is 2.66. The van der Waals surface area contributed by atoms with Gasteiger partial charge in [-0.2, -0.15) is 0 Å². The Morgan fingerprint density at radius 2 is 1.74 bits per heavy atom. The molecule has 0 aliphatic carbocycles. The summed E-state index contributed by atoms with van der Waals surface area (Å²) in [6.07, 6.45) is 0. The molecule has 0 amide bonds. The largest absolute Gasteiger partial charge is 0.496 e. The van der Waals surface area contributed by atoms with Crippen LogP contribution in [0.1, 0.15) is 38.8 Å². The molecule has 108 valence electrons. The van der Waals surface area contributed by atoms with Gasteiger partial charge in [-0.05, 0) is 37.3 Å². The van der Waals surface area contributed by atoms with Crippen molar-refractivity contribution in [3.63, 3.8) is 0 Å². The third-order valence-electron chi connectivity index (χ3n) is 3.84. The molecule has 2 heteroatoms. The standard InChI is InChI=1S/C17H29NO/c1-12(2)16(13(3)4)11-18-10-15-9-14(5)7-8-17(15)19-6/h7-9,12-13,16,18H,10-11H2,1-6H3. The van der Waals surface area contributed by atoms with Gasteiger partial charge in [0.1, 0.15) is 5.75 Å². The minimum Gasteiger partial charge on any atom is -0.496 e. The molecule has 0 radical (unpaired) electrons. The summed E-state index contributed by atoms with van der Waals surface area (Å²) >= 11 is 0. The van der Waals surface area contributed by atoms with E-state index < -0.39 is 0 Å². The quantitative estimate of drug-likeness (QED) is 0.802. The Hall–Kier alpha value is -1.02. The SMILES string of the molecule is COc1ccc(C)cc1CNCC(C(C)C)C(C)C. The van der Waals surface area contributed by atoms with Crippen molar-refractivity contribution in [1.29, 1.82) is 0 Å². The highest BCUT2D eigenvalue weighted by Crippen LogP contribution is 2.21. The normalized spacial score (nSPS) is 11.6. The van der Waals surface area contributed by atoms with Gasteiger partial charge in [0, 0.05) is 12.1 Å². The predicted octanol–water partition coefficient (Wildman–Crippen LogP) is 4.02. The van der Waals surface area contributed by atoms with Gasteiger partial charge >= 0.3 is 0 Å². The molecule has 1 aromatic carbocycles. The van der Waals surface area contributed by atoms with E-state index >= 15 is 0 Å². The minimum atomic E-state index is 0.715. The van der Waals surface area contributed by atoms with Gasteiger partial charge in [0.15, 0.2) is 0 Å². The number of methoxy groups -OCH3 is 1. The summed E-state index contributed by atoms with van der Waals surface area (Å²) in [7, 11) is 1.74. The molecule has 0 fully saturated rings. The van der Waals surface area contributed by atoms with Crippen LogP contribution in [-0.4, -0.2) is 13.7 Å². The van der Waals surface area contributed by atoms with Crippen molar-refractivity contribution in [3.8, 4) is 5.75 Å². The zero-order valence-electron chi connectivity index (χ0n) is 13.3. The number of ether oxygens (including phenoxy) is 1. The molecule has 1 aromatic rings. The van der Waals surface area contributed by atoms with Crippen LogP contribution in [-0.2, 0) is 6.54 Å². The van der Waals surface area contributed by atoms with Crippen LogP contribution in [0.5, 0.6) is 5.75 Å². The molecule has 1 rings (SSSR count). The molecule has 0 heterocycles. The second kappa shape index (κ2) is 7.54. The van der Waals surface area contributed by atoms with E-state index in [4.69, 9.17) is 4.74 Å². The number of hydrogen-bond donors (Lipinski definition) is 1. The number of aryl methyl sites for hydroxylation is 1. The Kier molecular flexibility index (Phi) is 6.36. The Bertz CT molecular complexity index is 377. The van der Waals surface area contributed by atoms with Crippen molar-refractivity contribution in [2.75, 3.05) is 13.7 Å². The third kappa shape index (κ3) is 4.87. The van der Waals surface area contributed by atoms with Crippen molar-refractivity contribution in [1.82, 2.24) is 5.32 Å². The van der Waals surface area contributed by atoms with Crippen LogP contribution < -0.4 is 10.1 Å². The Labute approximate surface area is 118 Å². The maximum Gasteiger partial charge on any atom is 0.123 e. The smallest absolute Gasteiger partial charge is 0.123 e. The fourth-order valence-corrected chi connectivity index (χ4v) is 2.66. The first-order valence-electron chi connectivity index (χ1n) is 7.30. The first kappa shape index (κ1) is 16.0. The van der Waals surface area contributed by atoms with Crippen LogP contribution >= 0.6 is 0 Å². The molecule has 0 aliphatic heterocycles. The van der Waals surface area contributed by atoms with Gasteiger partial charge in [0.05, 0.1) is 7.11 Å². The lowest BCUT2D eigenvalue weighted by Gasteiger charge is -2.25. The first-order chi connectivity index (χ1) is 8.95. The topological polar surface area (TPSA) is 21.3 Å². The van der Waals surface area contributed by atoms with Crippen molar-refractivity contribution in [2.45, 2.75) is 41.2 Å². The molecule has 0 aliphatic rings. The summed E-state index contributed by atoms with van der Waals surface area (Å²) in [4.78, 5) is 0. The maximum atomic E-state index is 5.41. The molecule has 0 spiro atoms. The lowest BCUT2D eigenvalue weighted by molar-refractivity contribution is 0.275. The van der Waals surface area contributed by atoms with Gasteiger partial charge in [-0.1, -0.05) is 45.4 Å². The van der Waals surface area contributed by atoms with Gasteiger partial charge in [0.2, 0.25) is 0 Å². The van der Waals surface area contributed by atoms with E-state index in [-0.39, 0.29) is 0 Å². The van der Waals surface area contributed by atoms with E-state index in [1.807, 2.05) is 0 Å². The van der Waals surface area contributed by atoms with Crippen LogP contribution in [0.3, 0.4) is 0 Å². The van der Waals surface area contributed by atoms with Crippen LogP contribution in [0.4, 0.5) is 0 Å². The van der Waals surface area contributed by atoms with E-state index in [2.05, 4.69) is 58.1 Å². The second-order valence-electron chi connectivity index (χ2n) is 6.10. The molecule has 0 saturated carbocycles. The molecule has 0 bridgehead atoms.